The van der Waals surface area contributed by atoms with Gasteiger partial charge in [0, 0.05) is 23.2 Å². The third-order valence-corrected chi connectivity index (χ3v) is 3.50. The van der Waals surface area contributed by atoms with Crippen molar-refractivity contribution in [1.82, 2.24) is 4.90 Å². The Kier molecular flexibility index (Phi) is 4.04. The third-order valence-electron chi connectivity index (χ3n) is 3.01. The van der Waals surface area contributed by atoms with Gasteiger partial charge in [-0.2, -0.15) is 0 Å². The number of nitrogens with one attached hydrogen (secondary N) is 1. The van der Waals surface area contributed by atoms with E-state index in [1.807, 2.05) is 29.2 Å². The summed E-state index contributed by atoms with van der Waals surface area (Å²) in [6.07, 6.45) is 0.719. The summed E-state index contributed by atoms with van der Waals surface area (Å²) in [6, 6.07) is 7.49. The smallest absolute Gasteiger partial charge is 0.238 e. The molecule has 1 aliphatic rings. The number of β-amino-alcohol motifs (C(OH)–C–C–N with tert-alkyl or cyclic N) is 1. The first-order chi connectivity index (χ1) is 8.44. The minimum atomic E-state index is -0.657. The van der Waals surface area contributed by atoms with Crippen LogP contribution in [0, 0.1) is 0 Å². The molecular weight excluding hydrogens is 296 g/mol. The number of rotatable bonds is 3. The van der Waals surface area contributed by atoms with Crippen molar-refractivity contribution < 1.29 is 9.90 Å². The molecule has 0 spiro atoms. The molecule has 1 heterocycles. The summed E-state index contributed by atoms with van der Waals surface area (Å²) in [5.74, 6) is -0.0502. The summed E-state index contributed by atoms with van der Waals surface area (Å²) in [7, 11) is 0. The van der Waals surface area contributed by atoms with Crippen molar-refractivity contribution in [3.05, 3.63) is 28.7 Å². The predicted octanol–water partition coefficient (Wildman–Crippen LogP) is 1.84. The highest BCUT2D eigenvalue weighted by atomic mass is 79.9. The Morgan fingerprint density at radius 2 is 2.39 bits per heavy atom. The van der Waals surface area contributed by atoms with Gasteiger partial charge in [0.2, 0.25) is 5.91 Å². The summed E-state index contributed by atoms with van der Waals surface area (Å²) in [5.41, 5.74) is 0.121. The summed E-state index contributed by atoms with van der Waals surface area (Å²) in [5, 5.41) is 12.7. The largest absolute Gasteiger partial charge is 0.389 e. The zero-order chi connectivity index (χ0) is 13.2. The van der Waals surface area contributed by atoms with Crippen molar-refractivity contribution in [2.45, 2.75) is 18.9 Å². The van der Waals surface area contributed by atoms with E-state index in [0.717, 1.165) is 23.1 Å². The maximum Gasteiger partial charge on any atom is 0.238 e. The lowest BCUT2D eigenvalue weighted by molar-refractivity contribution is -0.117. The fraction of sp³-hybridized carbons (Fsp3) is 0.462. The second-order valence-electron chi connectivity index (χ2n) is 5.02. The highest BCUT2D eigenvalue weighted by molar-refractivity contribution is 9.10. The average Bonchev–Trinajstić information content (AvgIpc) is 2.57. The van der Waals surface area contributed by atoms with Gasteiger partial charge in [-0.1, -0.05) is 22.0 Å². The molecule has 18 heavy (non-hydrogen) atoms. The summed E-state index contributed by atoms with van der Waals surface area (Å²) < 4.78 is 0.935. The van der Waals surface area contributed by atoms with Crippen molar-refractivity contribution in [2.75, 3.05) is 25.0 Å². The Labute approximate surface area is 115 Å². The number of likely N-dealkylation sites (tertiary alicyclic amines) is 1. The molecule has 0 saturated carbocycles. The molecule has 0 aromatic heterocycles. The minimum Gasteiger partial charge on any atom is -0.389 e. The molecule has 1 unspecified atom stereocenters. The van der Waals surface area contributed by atoms with Crippen LogP contribution in [0.5, 0.6) is 0 Å². The van der Waals surface area contributed by atoms with E-state index in [1.165, 1.54) is 0 Å². The van der Waals surface area contributed by atoms with E-state index in [1.54, 1.807) is 6.92 Å². The molecule has 1 saturated heterocycles. The first-order valence-corrected chi connectivity index (χ1v) is 6.74. The van der Waals surface area contributed by atoms with Crippen LogP contribution in [0.15, 0.2) is 28.7 Å². The predicted molar refractivity (Wildman–Crippen MR) is 74.5 cm³/mol. The van der Waals surface area contributed by atoms with E-state index in [9.17, 15) is 9.90 Å². The van der Waals surface area contributed by atoms with Crippen LogP contribution >= 0.6 is 15.9 Å². The molecule has 98 valence electrons. The van der Waals surface area contributed by atoms with E-state index >= 15 is 0 Å². The van der Waals surface area contributed by atoms with Crippen LogP contribution in [-0.4, -0.2) is 41.1 Å². The van der Waals surface area contributed by atoms with Crippen LogP contribution < -0.4 is 5.32 Å². The first-order valence-electron chi connectivity index (χ1n) is 5.95. The Morgan fingerprint density at radius 1 is 1.61 bits per heavy atom. The zero-order valence-corrected chi connectivity index (χ0v) is 11.9. The number of carbonyl (C=O) groups excluding carboxylic acids is 1. The van der Waals surface area contributed by atoms with E-state index < -0.39 is 5.60 Å². The molecule has 4 nitrogen and oxygen atoms in total. The van der Waals surface area contributed by atoms with Crippen LogP contribution in [0.3, 0.4) is 0 Å². The van der Waals surface area contributed by atoms with Crippen molar-refractivity contribution in [1.29, 1.82) is 0 Å². The second kappa shape index (κ2) is 5.38. The number of nitrogens with zero attached hydrogens (tertiary/aromatic N) is 1. The van der Waals surface area contributed by atoms with Crippen molar-refractivity contribution in [3.63, 3.8) is 0 Å². The van der Waals surface area contributed by atoms with Crippen LogP contribution in [0.25, 0.3) is 0 Å². The van der Waals surface area contributed by atoms with Crippen LogP contribution in [0.4, 0.5) is 5.69 Å². The maximum absolute atomic E-state index is 11.8. The fourth-order valence-electron chi connectivity index (χ4n) is 2.14. The molecule has 1 fully saturated rings. The summed E-state index contributed by atoms with van der Waals surface area (Å²) in [6.45, 7) is 3.44. The molecule has 1 aromatic rings. The van der Waals surface area contributed by atoms with Gasteiger partial charge in [0.05, 0.1) is 12.1 Å². The first kappa shape index (κ1) is 13.5. The van der Waals surface area contributed by atoms with Crippen molar-refractivity contribution in [2.24, 2.45) is 0 Å². The normalized spacial score (nSPS) is 24.2. The third kappa shape index (κ3) is 3.80. The number of amides is 1. The van der Waals surface area contributed by atoms with Gasteiger partial charge in [0.1, 0.15) is 0 Å². The lowest BCUT2D eigenvalue weighted by Crippen LogP contribution is -2.35. The molecule has 2 rings (SSSR count). The molecule has 1 aromatic carbocycles. The lowest BCUT2D eigenvalue weighted by atomic mass is 10.1. The Balaban J connectivity index is 1.86. The Bertz CT molecular complexity index is 448. The highest BCUT2D eigenvalue weighted by Gasteiger charge is 2.31. The Morgan fingerprint density at radius 3 is 3.00 bits per heavy atom. The summed E-state index contributed by atoms with van der Waals surface area (Å²) in [4.78, 5) is 13.8. The highest BCUT2D eigenvalue weighted by Crippen LogP contribution is 2.20. The summed E-state index contributed by atoms with van der Waals surface area (Å²) >= 11 is 3.36. The number of hydrogen-bond donors (Lipinski definition) is 2. The van der Waals surface area contributed by atoms with Gasteiger partial charge in [-0.3, -0.25) is 9.69 Å². The number of aliphatic hydroxyl groups is 1. The van der Waals surface area contributed by atoms with Gasteiger partial charge in [-0.05, 0) is 31.5 Å². The number of anilines is 1. The van der Waals surface area contributed by atoms with E-state index in [-0.39, 0.29) is 5.91 Å². The van der Waals surface area contributed by atoms with Crippen LogP contribution in [0.2, 0.25) is 0 Å². The number of halogens is 1. The van der Waals surface area contributed by atoms with Gasteiger partial charge in [-0.25, -0.2) is 0 Å². The molecule has 0 bridgehead atoms. The Hall–Kier alpha value is -0.910. The molecule has 1 amide bonds. The molecule has 1 aliphatic heterocycles. The number of benzene rings is 1. The fourth-order valence-corrected chi connectivity index (χ4v) is 2.54. The lowest BCUT2D eigenvalue weighted by Gasteiger charge is -2.18. The van der Waals surface area contributed by atoms with Gasteiger partial charge >= 0.3 is 0 Å². The molecule has 0 radical (unpaired) electrons. The zero-order valence-electron chi connectivity index (χ0n) is 10.3. The van der Waals surface area contributed by atoms with Crippen LogP contribution in [-0.2, 0) is 4.79 Å². The van der Waals surface area contributed by atoms with Gasteiger partial charge in [0.15, 0.2) is 0 Å². The number of hydrogen-bond acceptors (Lipinski definition) is 3. The molecule has 5 heteroatoms. The van der Waals surface area contributed by atoms with Crippen LogP contribution in [0.1, 0.15) is 13.3 Å². The van der Waals surface area contributed by atoms with Crippen molar-refractivity contribution in [3.8, 4) is 0 Å². The monoisotopic (exact) mass is 312 g/mol. The van der Waals surface area contributed by atoms with Gasteiger partial charge < -0.3 is 10.4 Å². The van der Waals surface area contributed by atoms with Crippen molar-refractivity contribution >= 4 is 27.5 Å². The SMILES string of the molecule is CC1(O)CCN(CC(=O)Nc2cccc(Br)c2)C1. The topological polar surface area (TPSA) is 52.6 Å². The van der Waals surface area contributed by atoms with Gasteiger partial charge in [-0.15, -0.1) is 0 Å². The second-order valence-corrected chi connectivity index (χ2v) is 5.93. The van der Waals surface area contributed by atoms with E-state index in [0.29, 0.717) is 13.1 Å². The van der Waals surface area contributed by atoms with Gasteiger partial charge in [0.25, 0.3) is 0 Å². The number of carbonyl (C=O) groups is 1. The molecule has 1 atom stereocenters. The molecular formula is C13H17BrN2O2. The van der Waals surface area contributed by atoms with E-state index in [4.69, 9.17) is 0 Å². The van der Waals surface area contributed by atoms with E-state index in [2.05, 4.69) is 21.2 Å². The molecule has 2 N–H and O–H groups in total. The standard InChI is InChI=1S/C13H17BrN2O2/c1-13(18)5-6-16(9-13)8-12(17)15-11-4-2-3-10(14)7-11/h2-4,7,18H,5-6,8-9H2,1H3,(H,15,17). The average molecular weight is 313 g/mol. The quantitative estimate of drug-likeness (QED) is 0.895. The minimum absolute atomic E-state index is 0.0502. The maximum atomic E-state index is 11.8. The molecule has 0 aliphatic carbocycles.